The fourth-order valence-electron chi connectivity index (χ4n) is 1.88. The van der Waals surface area contributed by atoms with Gasteiger partial charge in [0.25, 0.3) is 5.91 Å². The van der Waals surface area contributed by atoms with Gasteiger partial charge in [0, 0.05) is 19.1 Å². The molecule has 0 radical (unpaired) electrons. The summed E-state index contributed by atoms with van der Waals surface area (Å²) < 4.78 is 5.71. The Balaban J connectivity index is 0. The first kappa shape index (κ1) is 24.2. The maximum Gasteiger partial charge on any atom is 0.255 e. The molecule has 5 nitrogen and oxygen atoms in total. The lowest BCUT2D eigenvalue weighted by Gasteiger charge is -2.16. The van der Waals surface area contributed by atoms with Gasteiger partial charge in [0.15, 0.2) is 0 Å². The number of hydrogen-bond donors (Lipinski definition) is 2. The van der Waals surface area contributed by atoms with Crippen LogP contribution in [0.15, 0.2) is 24.3 Å². The second-order valence-corrected chi connectivity index (χ2v) is 5.32. The average Bonchev–Trinajstić information content (AvgIpc) is 2.45. The SMILES string of the molecule is CCN[C@H](C)CNC(=O)c1ccccc1OCCN(C)C.Cl.Cl. The Morgan fingerprint density at radius 2 is 1.91 bits per heavy atom. The molecule has 0 spiro atoms. The molecular weight excluding hydrogens is 337 g/mol. The van der Waals surface area contributed by atoms with Crippen molar-refractivity contribution in [1.82, 2.24) is 15.5 Å². The van der Waals surface area contributed by atoms with Crippen molar-refractivity contribution in [3.05, 3.63) is 29.8 Å². The molecule has 0 heterocycles. The number of nitrogens with one attached hydrogen (secondary N) is 2. The summed E-state index contributed by atoms with van der Waals surface area (Å²) in [6.07, 6.45) is 0. The second-order valence-electron chi connectivity index (χ2n) is 5.32. The minimum absolute atomic E-state index is 0. The number of nitrogens with zero attached hydrogens (tertiary/aromatic N) is 1. The van der Waals surface area contributed by atoms with Gasteiger partial charge in [-0.2, -0.15) is 0 Å². The van der Waals surface area contributed by atoms with E-state index in [1.807, 2.05) is 51.0 Å². The molecule has 7 heteroatoms. The molecule has 0 bridgehead atoms. The largest absolute Gasteiger partial charge is 0.491 e. The summed E-state index contributed by atoms with van der Waals surface area (Å²) in [6.45, 7) is 6.95. The number of rotatable bonds is 9. The molecule has 2 N–H and O–H groups in total. The quantitative estimate of drug-likeness (QED) is 0.704. The zero-order chi connectivity index (χ0) is 15.7. The zero-order valence-electron chi connectivity index (χ0n) is 14.3. The van der Waals surface area contributed by atoms with Crippen molar-refractivity contribution in [2.45, 2.75) is 19.9 Å². The van der Waals surface area contributed by atoms with E-state index in [1.165, 1.54) is 0 Å². The van der Waals surface area contributed by atoms with E-state index in [1.54, 1.807) is 6.07 Å². The van der Waals surface area contributed by atoms with Crippen LogP contribution in [0.5, 0.6) is 5.75 Å². The van der Waals surface area contributed by atoms with E-state index in [0.717, 1.165) is 13.1 Å². The van der Waals surface area contributed by atoms with Crippen molar-refractivity contribution >= 4 is 30.7 Å². The summed E-state index contributed by atoms with van der Waals surface area (Å²) in [6, 6.07) is 7.60. The van der Waals surface area contributed by atoms with Gasteiger partial charge in [-0.15, -0.1) is 24.8 Å². The van der Waals surface area contributed by atoms with E-state index < -0.39 is 0 Å². The van der Waals surface area contributed by atoms with E-state index in [2.05, 4.69) is 10.6 Å². The fraction of sp³-hybridized carbons (Fsp3) is 0.562. The van der Waals surface area contributed by atoms with Crippen LogP contribution in [0.4, 0.5) is 0 Å². The molecule has 1 aromatic carbocycles. The molecule has 1 aromatic rings. The Morgan fingerprint density at radius 1 is 1.26 bits per heavy atom. The third kappa shape index (κ3) is 9.66. The molecule has 0 fully saturated rings. The molecule has 0 aliphatic heterocycles. The minimum atomic E-state index is -0.0970. The lowest BCUT2D eigenvalue weighted by molar-refractivity contribution is 0.0946. The highest BCUT2D eigenvalue weighted by atomic mass is 35.5. The van der Waals surface area contributed by atoms with Crippen LogP contribution in [0.2, 0.25) is 0 Å². The van der Waals surface area contributed by atoms with E-state index >= 15 is 0 Å². The molecule has 0 saturated carbocycles. The van der Waals surface area contributed by atoms with Gasteiger partial charge in [0.1, 0.15) is 12.4 Å². The minimum Gasteiger partial charge on any atom is -0.491 e. The molecule has 1 amide bonds. The highest BCUT2D eigenvalue weighted by molar-refractivity contribution is 5.96. The standard InChI is InChI=1S/C16H27N3O2.2ClH/c1-5-17-13(2)12-18-16(20)14-8-6-7-9-15(14)21-11-10-19(3)4;;/h6-9,13,17H,5,10-12H2,1-4H3,(H,18,20);2*1H/t13-;;/m1../s1. The van der Waals surface area contributed by atoms with E-state index in [9.17, 15) is 4.79 Å². The molecule has 23 heavy (non-hydrogen) atoms. The van der Waals surface area contributed by atoms with Crippen molar-refractivity contribution < 1.29 is 9.53 Å². The Labute approximate surface area is 152 Å². The average molecular weight is 366 g/mol. The van der Waals surface area contributed by atoms with E-state index in [0.29, 0.717) is 24.5 Å². The van der Waals surface area contributed by atoms with Crippen LogP contribution >= 0.6 is 24.8 Å². The Hall–Kier alpha value is -1.01. The summed E-state index contributed by atoms with van der Waals surface area (Å²) in [4.78, 5) is 14.3. The number of amides is 1. The summed E-state index contributed by atoms with van der Waals surface area (Å²) in [5.74, 6) is 0.535. The maximum absolute atomic E-state index is 12.2. The van der Waals surface area contributed by atoms with Gasteiger partial charge in [0.2, 0.25) is 0 Å². The first-order valence-electron chi connectivity index (χ1n) is 7.42. The first-order valence-corrected chi connectivity index (χ1v) is 7.42. The molecule has 0 saturated heterocycles. The normalized spacial score (nSPS) is 11.2. The number of hydrogen-bond acceptors (Lipinski definition) is 4. The summed E-state index contributed by atoms with van der Waals surface area (Å²) in [7, 11) is 3.98. The lowest BCUT2D eigenvalue weighted by atomic mass is 10.2. The third-order valence-corrected chi connectivity index (χ3v) is 3.05. The topological polar surface area (TPSA) is 53.6 Å². The predicted octanol–water partition coefficient (Wildman–Crippen LogP) is 2.20. The molecule has 134 valence electrons. The van der Waals surface area contributed by atoms with Crippen LogP contribution < -0.4 is 15.4 Å². The third-order valence-electron chi connectivity index (χ3n) is 3.05. The highest BCUT2D eigenvalue weighted by Crippen LogP contribution is 2.17. The van der Waals surface area contributed by atoms with Crippen molar-refractivity contribution in [2.75, 3.05) is 40.3 Å². The van der Waals surface area contributed by atoms with E-state index in [4.69, 9.17) is 4.74 Å². The van der Waals surface area contributed by atoms with Gasteiger partial charge in [-0.05, 0) is 39.7 Å². The van der Waals surface area contributed by atoms with Crippen molar-refractivity contribution in [3.63, 3.8) is 0 Å². The van der Waals surface area contributed by atoms with Crippen molar-refractivity contribution in [1.29, 1.82) is 0 Å². The predicted molar refractivity (Wildman–Crippen MR) is 100 cm³/mol. The number of carbonyl (C=O) groups is 1. The molecular formula is C16H29Cl2N3O2. The number of ether oxygens (including phenoxy) is 1. The smallest absolute Gasteiger partial charge is 0.255 e. The van der Waals surface area contributed by atoms with Gasteiger partial charge < -0.3 is 20.3 Å². The van der Waals surface area contributed by atoms with Gasteiger partial charge in [0.05, 0.1) is 5.56 Å². The molecule has 0 unspecified atom stereocenters. The molecule has 1 atom stereocenters. The van der Waals surface area contributed by atoms with Crippen LogP contribution in [0.25, 0.3) is 0 Å². The summed E-state index contributed by atoms with van der Waals surface area (Å²) in [5.41, 5.74) is 0.583. The molecule has 1 rings (SSSR count). The molecule has 0 aliphatic rings. The number of carbonyl (C=O) groups excluding carboxylic acids is 1. The van der Waals surface area contributed by atoms with Crippen LogP contribution in [0, 0.1) is 0 Å². The maximum atomic E-state index is 12.2. The van der Waals surface area contributed by atoms with Crippen LogP contribution in [0.3, 0.4) is 0 Å². The van der Waals surface area contributed by atoms with E-state index in [-0.39, 0.29) is 36.8 Å². The molecule has 0 aliphatic carbocycles. The number of benzene rings is 1. The monoisotopic (exact) mass is 365 g/mol. The van der Waals surface area contributed by atoms with Gasteiger partial charge in [-0.1, -0.05) is 19.1 Å². The van der Waals surface area contributed by atoms with Crippen LogP contribution in [0.1, 0.15) is 24.2 Å². The fourth-order valence-corrected chi connectivity index (χ4v) is 1.88. The summed E-state index contributed by atoms with van der Waals surface area (Å²) in [5, 5.41) is 6.19. The van der Waals surface area contributed by atoms with Gasteiger partial charge in [-0.25, -0.2) is 0 Å². The Bertz CT molecular complexity index is 445. The van der Waals surface area contributed by atoms with Gasteiger partial charge >= 0.3 is 0 Å². The number of halogens is 2. The van der Waals surface area contributed by atoms with Gasteiger partial charge in [-0.3, -0.25) is 4.79 Å². The van der Waals surface area contributed by atoms with Crippen LogP contribution in [-0.2, 0) is 0 Å². The van der Waals surface area contributed by atoms with Crippen molar-refractivity contribution in [3.8, 4) is 5.75 Å². The molecule has 0 aromatic heterocycles. The van der Waals surface area contributed by atoms with Crippen molar-refractivity contribution in [2.24, 2.45) is 0 Å². The summed E-state index contributed by atoms with van der Waals surface area (Å²) >= 11 is 0. The Kier molecular flexibility index (Phi) is 14.2. The zero-order valence-corrected chi connectivity index (χ0v) is 15.9. The lowest BCUT2D eigenvalue weighted by Crippen LogP contribution is -2.38. The van der Waals surface area contributed by atoms with Crippen LogP contribution in [-0.4, -0.2) is 57.2 Å². The first-order chi connectivity index (χ1) is 10.0. The Morgan fingerprint density at radius 3 is 2.52 bits per heavy atom. The number of likely N-dealkylation sites (N-methyl/N-ethyl adjacent to an activating group) is 2. The highest BCUT2D eigenvalue weighted by Gasteiger charge is 2.12. The number of para-hydroxylation sites is 1. The second kappa shape index (κ2) is 13.4.